The van der Waals surface area contributed by atoms with Crippen LogP contribution in [0.2, 0.25) is 0 Å². The van der Waals surface area contributed by atoms with Gasteiger partial charge in [-0.3, -0.25) is 4.79 Å². The molecule has 2 rings (SSSR count). The maximum atomic E-state index is 13.3. The van der Waals surface area contributed by atoms with Crippen molar-refractivity contribution in [3.8, 4) is 0 Å². The van der Waals surface area contributed by atoms with Crippen LogP contribution in [0, 0.1) is 5.82 Å². The van der Waals surface area contributed by atoms with Crippen LogP contribution in [0.1, 0.15) is 29.6 Å². The van der Waals surface area contributed by atoms with Gasteiger partial charge >= 0.3 is 0 Å². The lowest BCUT2D eigenvalue weighted by atomic mass is 10.1. The van der Waals surface area contributed by atoms with E-state index in [0.717, 1.165) is 19.4 Å². The van der Waals surface area contributed by atoms with Gasteiger partial charge in [-0.1, -0.05) is 12.1 Å². The Morgan fingerprint density at radius 3 is 3.00 bits per heavy atom. The summed E-state index contributed by atoms with van der Waals surface area (Å²) in [4.78, 5) is 11.7. The Morgan fingerprint density at radius 2 is 2.29 bits per heavy atom. The predicted octanol–water partition coefficient (Wildman–Crippen LogP) is 1.70. The molecular weight excluding hydrogens is 219 g/mol. The van der Waals surface area contributed by atoms with Gasteiger partial charge in [-0.05, 0) is 37.9 Å². The van der Waals surface area contributed by atoms with Gasteiger partial charge in [0.15, 0.2) is 0 Å². The maximum absolute atomic E-state index is 13.3. The normalized spacial score (nSPS) is 19.2. The van der Waals surface area contributed by atoms with Crippen molar-refractivity contribution in [1.82, 2.24) is 10.6 Å². The molecule has 4 heteroatoms. The highest BCUT2D eigenvalue weighted by atomic mass is 19.1. The molecule has 0 radical (unpaired) electrons. The van der Waals surface area contributed by atoms with Crippen LogP contribution in [0.4, 0.5) is 4.39 Å². The van der Waals surface area contributed by atoms with Gasteiger partial charge in [0.1, 0.15) is 5.82 Å². The predicted molar refractivity (Wildman–Crippen MR) is 64.4 cm³/mol. The smallest absolute Gasteiger partial charge is 0.254 e. The van der Waals surface area contributed by atoms with Gasteiger partial charge < -0.3 is 10.6 Å². The molecular formula is C13H17FN2O. The van der Waals surface area contributed by atoms with Gasteiger partial charge in [-0.25, -0.2) is 4.39 Å². The topological polar surface area (TPSA) is 41.1 Å². The molecule has 2 N–H and O–H groups in total. The van der Waals surface area contributed by atoms with Gasteiger partial charge in [-0.2, -0.15) is 0 Å². The summed E-state index contributed by atoms with van der Waals surface area (Å²) in [7, 11) is 0. The SMILES string of the molecule is O=C(NCC[C@@H]1CCCN1)c1ccccc1F. The van der Waals surface area contributed by atoms with E-state index in [-0.39, 0.29) is 11.5 Å². The molecule has 92 valence electrons. The Labute approximate surface area is 100 Å². The fourth-order valence-electron chi connectivity index (χ4n) is 2.10. The first-order valence-electron chi connectivity index (χ1n) is 6.03. The summed E-state index contributed by atoms with van der Waals surface area (Å²) in [6, 6.07) is 6.53. The van der Waals surface area contributed by atoms with Gasteiger partial charge in [0.2, 0.25) is 0 Å². The largest absolute Gasteiger partial charge is 0.352 e. The van der Waals surface area contributed by atoms with Crippen molar-refractivity contribution in [1.29, 1.82) is 0 Å². The molecule has 17 heavy (non-hydrogen) atoms. The number of benzene rings is 1. The Bertz CT molecular complexity index is 389. The van der Waals surface area contributed by atoms with Crippen molar-refractivity contribution in [2.24, 2.45) is 0 Å². The van der Waals surface area contributed by atoms with Crippen LogP contribution >= 0.6 is 0 Å². The second-order valence-electron chi connectivity index (χ2n) is 4.32. The van der Waals surface area contributed by atoms with Crippen LogP contribution in [-0.2, 0) is 0 Å². The van der Waals surface area contributed by atoms with Crippen LogP contribution in [0.25, 0.3) is 0 Å². The summed E-state index contributed by atoms with van der Waals surface area (Å²) in [6.07, 6.45) is 3.27. The van der Waals surface area contributed by atoms with Crippen molar-refractivity contribution in [3.63, 3.8) is 0 Å². The molecule has 0 aliphatic carbocycles. The fourth-order valence-corrected chi connectivity index (χ4v) is 2.10. The quantitative estimate of drug-likeness (QED) is 0.835. The molecule has 1 fully saturated rings. The van der Waals surface area contributed by atoms with Crippen LogP contribution in [0.5, 0.6) is 0 Å². The minimum Gasteiger partial charge on any atom is -0.352 e. The van der Waals surface area contributed by atoms with E-state index in [4.69, 9.17) is 0 Å². The molecule has 3 nitrogen and oxygen atoms in total. The summed E-state index contributed by atoms with van der Waals surface area (Å²) in [5.41, 5.74) is 0.117. The zero-order valence-corrected chi connectivity index (χ0v) is 9.71. The number of hydrogen-bond donors (Lipinski definition) is 2. The van der Waals surface area contributed by atoms with E-state index in [1.54, 1.807) is 12.1 Å². The van der Waals surface area contributed by atoms with Crippen molar-refractivity contribution >= 4 is 5.91 Å². The molecule has 1 atom stereocenters. The van der Waals surface area contributed by atoms with Gasteiger partial charge in [0.05, 0.1) is 5.56 Å². The number of carbonyl (C=O) groups excluding carboxylic acids is 1. The summed E-state index contributed by atoms with van der Waals surface area (Å²) in [6.45, 7) is 1.65. The average molecular weight is 236 g/mol. The molecule has 1 aromatic rings. The second-order valence-corrected chi connectivity index (χ2v) is 4.32. The van der Waals surface area contributed by atoms with Crippen LogP contribution in [-0.4, -0.2) is 25.0 Å². The Kier molecular flexibility index (Phi) is 4.09. The maximum Gasteiger partial charge on any atom is 0.254 e. The number of halogens is 1. The molecule has 0 saturated carbocycles. The molecule has 1 aliphatic heterocycles. The summed E-state index contributed by atoms with van der Waals surface area (Å²) in [5, 5.41) is 6.10. The third-order valence-corrected chi connectivity index (χ3v) is 3.06. The molecule has 0 unspecified atom stereocenters. The van der Waals surface area contributed by atoms with E-state index in [0.29, 0.717) is 12.6 Å². The first-order valence-corrected chi connectivity index (χ1v) is 6.03. The third-order valence-electron chi connectivity index (χ3n) is 3.06. The van der Waals surface area contributed by atoms with E-state index < -0.39 is 5.82 Å². The number of carbonyl (C=O) groups is 1. The Hall–Kier alpha value is -1.42. The van der Waals surface area contributed by atoms with Crippen LogP contribution in [0.3, 0.4) is 0 Å². The third kappa shape index (κ3) is 3.27. The summed E-state index contributed by atoms with van der Waals surface area (Å²) in [5.74, 6) is -0.801. The number of nitrogens with one attached hydrogen (secondary N) is 2. The molecule has 1 heterocycles. The monoisotopic (exact) mass is 236 g/mol. The van der Waals surface area contributed by atoms with E-state index in [9.17, 15) is 9.18 Å². The van der Waals surface area contributed by atoms with Crippen LogP contribution in [0.15, 0.2) is 24.3 Å². The zero-order valence-electron chi connectivity index (χ0n) is 9.71. The van der Waals surface area contributed by atoms with E-state index in [2.05, 4.69) is 10.6 Å². The summed E-state index contributed by atoms with van der Waals surface area (Å²) >= 11 is 0. The Morgan fingerprint density at radius 1 is 1.47 bits per heavy atom. The second kappa shape index (κ2) is 5.77. The van der Waals surface area contributed by atoms with Gasteiger partial charge in [-0.15, -0.1) is 0 Å². The van der Waals surface area contributed by atoms with E-state index in [1.807, 2.05) is 0 Å². The lowest BCUT2D eigenvalue weighted by Crippen LogP contribution is -2.31. The summed E-state index contributed by atoms with van der Waals surface area (Å²) < 4.78 is 13.3. The average Bonchev–Trinajstić information content (AvgIpc) is 2.82. The van der Waals surface area contributed by atoms with Crippen LogP contribution < -0.4 is 10.6 Å². The number of rotatable bonds is 4. The van der Waals surface area contributed by atoms with Crippen molar-refractivity contribution in [3.05, 3.63) is 35.6 Å². The highest BCUT2D eigenvalue weighted by molar-refractivity contribution is 5.94. The van der Waals surface area contributed by atoms with Gasteiger partial charge in [0.25, 0.3) is 5.91 Å². The lowest BCUT2D eigenvalue weighted by molar-refractivity contribution is 0.0948. The first kappa shape index (κ1) is 12.0. The number of hydrogen-bond acceptors (Lipinski definition) is 2. The minimum absolute atomic E-state index is 0.117. The molecule has 1 aliphatic rings. The van der Waals surface area contributed by atoms with Crippen molar-refractivity contribution in [2.75, 3.05) is 13.1 Å². The minimum atomic E-state index is -0.469. The molecule has 1 saturated heterocycles. The zero-order chi connectivity index (χ0) is 12.1. The van der Waals surface area contributed by atoms with Crippen molar-refractivity contribution in [2.45, 2.75) is 25.3 Å². The highest BCUT2D eigenvalue weighted by Crippen LogP contribution is 2.08. The highest BCUT2D eigenvalue weighted by Gasteiger charge is 2.14. The van der Waals surface area contributed by atoms with Gasteiger partial charge in [0, 0.05) is 12.6 Å². The molecule has 0 spiro atoms. The molecule has 1 amide bonds. The van der Waals surface area contributed by atoms with E-state index >= 15 is 0 Å². The lowest BCUT2D eigenvalue weighted by Gasteiger charge is -2.10. The van der Waals surface area contributed by atoms with Crippen molar-refractivity contribution < 1.29 is 9.18 Å². The molecule has 0 bridgehead atoms. The fraction of sp³-hybridized carbons (Fsp3) is 0.462. The molecule has 0 aromatic heterocycles. The molecule has 1 aromatic carbocycles. The Balaban J connectivity index is 1.79. The van der Waals surface area contributed by atoms with E-state index in [1.165, 1.54) is 18.6 Å². The standard InChI is InChI=1S/C13H17FN2O/c14-12-6-2-1-5-11(12)13(17)16-9-7-10-4-3-8-15-10/h1-2,5-6,10,15H,3-4,7-9H2,(H,16,17)/t10-/m0/s1. The number of amides is 1. The first-order chi connectivity index (χ1) is 8.27.